The first-order valence-electron chi connectivity index (χ1n) is 4.31. The second-order valence-corrected chi connectivity index (χ2v) is 4.56. The molecule has 5 heteroatoms. The van der Waals surface area contributed by atoms with E-state index < -0.39 is 0 Å². The molecule has 2 N–H and O–H groups in total. The summed E-state index contributed by atoms with van der Waals surface area (Å²) in [4.78, 5) is 6.46. The third kappa shape index (κ3) is 1.66. The first-order valence-corrected chi connectivity index (χ1v) is 5.57. The summed E-state index contributed by atoms with van der Waals surface area (Å²) in [5.74, 6) is 0. The number of thiazole rings is 1. The average Bonchev–Trinajstić information content (AvgIpc) is 2.62. The molecule has 1 fully saturated rings. The van der Waals surface area contributed by atoms with E-state index in [0.29, 0.717) is 11.2 Å². The van der Waals surface area contributed by atoms with Crippen molar-refractivity contribution in [3.8, 4) is 0 Å². The Morgan fingerprint density at radius 3 is 3.00 bits per heavy atom. The topological polar surface area (TPSA) is 42.1 Å². The van der Waals surface area contributed by atoms with Crippen LogP contribution >= 0.6 is 22.9 Å². The Morgan fingerprint density at radius 2 is 2.54 bits per heavy atom. The van der Waals surface area contributed by atoms with Crippen molar-refractivity contribution in [2.45, 2.75) is 25.4 Å². The second kappa shape index (κ2) is 3.44. The highest BCUT2D eigenvalue weighted by Gasteiger charge is 2.29. The van der Waals surface area contributed by atoms with E-state index in [1.165, 1.54) is 0 Å². The number of hydrogen-bond donors (Lipinski definition) is 1. The lowest BCUT2D eigenvalue weighted by molar-refractivity contribution is 0.624. The summed E-state index contributed by atoms with van der Waals surface area (Å²) in [5.41, 5.74) is 5.91. The van der Waals surface area contributed by atoms with Crippen molar-refractivity contribution in [2.75, 3.05) is 11.4 Å². The smallest absolute Gasteiger partial charge is 0.187 e. The fraction of sp³-hybridized carbons (Fsp3) is 0.625. The van der Waals surface area contributed by atoms with E-state index in [1.54, 1.807) is 11.3 Å². The molecule has 1 aromatic rings. The molecular weight excluding hydrogens is 206 g/mol. The molecule has 1 saturated heterocycles. The predicted molar refractivity (Wildman–Crippen MR) is 56.5 cm³/mol. The van der Waals surface area contributed by atoms with Crippen LogP contribution in [0.2, 0.25) is 5.15 Å². The number of halogens is 1. The first-order chi connectivity index (χ1) is 6.18. The summed E-state index contributed by atoms with van der Waals surface area (Å²) in [6, 6.07) is 0.643. The quantitative estimate of drug-likeness (QED) is 0.779. The summed E-state index contributed by atoms with van der Waals surface area (Å²) >= 11 is 7.34. The second-order valence-electron chi connectivity index (χ2n) is 3.34. The highest BCUT2D eigenvalue weighted by molar-refractivity contribution is 7.14. The van der Waals surface area contributed by atoms with Crippen LogP contribution in [0.1, 0.15) is 13.3 Å². The van der Waals surface area contributed by atoms with Crippen LogP contribution in [-0.2, 0) is 0 Å². The summed E-state index contributed by atoms with van der Waals surface area (Å²) in [6.45, 7) is 3.12. The minimum absolute atomic E-state index is 0.266. The van der Waals surface area contributed by atoms with Crippen molar-refractivity contribution in [3.05, 3.63) is 10.5 Å². The van der Waals surface area contributed by atoms with Gasteiger partial charge in [0.25, 0.3) is 0 Å². The Morgan fingerprint density at radius 1 is 1.77 bits per heavy atom. The number of anilines is 1. The van der Waals surface area contributed by atoms with Gasteiger partial charge in [-0.05, 0) is 13.3 Å². The van der Waals surface area contributed by atoms with E-state index in [4.69, 9.17) is 17.3 Å². The number of nitrogens with two attached hydrogens (primary N) is 1. The molecule has 1 aromatic heterocycles. The minimum atomic E-state index is 0.266. The Balaban J connectivity index is 2.18. The maximum Gasteiger partial charge on any atom is 0.187 e. The number of hydrogen-bond acceptors (Lipinski definition) is 4. The Bertz CT molecular complexity index is 301. The van der Waals surface area contributed by atoms with Gasteiger partial charge < -0.3 is 10.6 Å². The molecule has 2 heterocycles. The molecule has 0 aromatic carbocycles. The molecule has 72 valence electrons. The van der Waals surface area contributed by atoms with E-state index in [1.807, 2.05) is 5.38 Å². The first kappa shape index (κ1) is 9.24. The summed E-state index contributed by atoms with van der Waals surface area (Å²) < 4.78 is 0. The fourth-order valence-corrected chi connectivity index (χ4v) is 2.67. The maximum absolute atomic E-state index is 5.91. The van der Waals surface area contributed by atoms with Crippen LogP contribution in [-0.4, -0.2) is 23.6 Å². The largest absolute Gasteiger partial charge is 0.344 e. The van der Waals surface area contributed by atoms with Crippen LogP contribution in [0.25, 0.3) is 0 Å². The summed E-state index contributed by atoms with van der Waals surface area (Å²) in [7, 11) is 0. The number of aromatic nitrogens is 1. The molecule has 1 aliphatic heterocycles. The predicted octanol–water partition coefficient (Wildman–Crippen LogP) is 1.72. The number of nitrogens with zero attached hydrogens (tertiary/aromatic N) is 2. The van der Waals surface area contributed by atoms with Crippen molar-refractivity contribution < 1.29 is 0 Å². The lowest BCUT2D eigenvalue weighted by Crippen LogP contribution is -2.36. The molecule has 0 bridgehead atoms. The van der Waals surface area contributed by atoms with Gasteiger partial charge in [0, 0.05) is 24.0 Å². The van der Waals surface area contributed by atoms with Crippen molar-refractivity contribution in [3.63, 3.8) is 0 Å². The molecule has 0 spiro atoms. The fourth-order valence-electron chi connectivity index (χ4n) is 1.61. The zero-order valence-electron chi connectivity index (χ0n) is 7.40. The molecule has 0 radical (unpaired) electrons. The molecule has 0 saturated carbocycles. The van der Waals surface area contributed by atoms with Gasteiger partial charge in [0.05, 0.1) is 0 Å². The molecule has 0 aliphatic carbocycles. The lowest BCUT2D eigenvalue weighted by Gasteiger charge is -2.21. The van der Waals surface area contributed by atoms with Crippen molar-refractivity contribution in [1.82, 2.24) is 4.98 Å². The van der Waals surface area contributed by atoms with Gasteiger partial charge in [0.15, 0.2) is 5.13 Å². The van der Waals surface area contributed by atoms with Crippen LogP contribution < -0.4 is 10.6 Å². The maximum atomic E-state index is 5.91. The Labute approximate surface area is 86.5 Å². The van der Waals surface area contributed by atoms with Crippen LogP contribution in [0.15, 0.2) is 5.38 Å². The van der Waals surface area contributed by atoms with Crippen LogP contribution in [0.5, 0.6) is 0 Å². The van der Waals surface area contributed by atoms with E-state index in [9.17, 15) is 0 Å². The Kier molecular flexibility index (Phi) is 2.45. The van der Waals surface area contributed by atoms with E-state index in [0.717, 1.165) is 18.1 Å². The number of rotatable bonds is 1. The standard InChI is InChI=1S/C8H12ClN3S/c1-5-6(10)2-3-12(5)8-11-7(9)4-13-8/h4-6H,2-3,10H2,1H3. The minimum Gasteiger partial charge on any atom is -0.344 e. The third-order valence-electron chi connectivity index (χ3n) is 2.52. The van der Waals surface area contributed by atoms with Gasteiger partial charge in [-0.2, -0.15) is 0 Å². The van der Waals surface area contributed by atoms with Gasteiger partial charge in [-0.3, -0.25) is 0 Å². The molecule has 2 rings (SSSR count). The normalized spacial score (nSPS) is 28.4. The van der Waals surface area contributed by atoms with Crippen molar-refractivity contribution in [1.29, 1.82) is 0 Å². The van der Waals surface area contributed by atoms with Gasteiger partial charge in [0.2, 0.25) is 0 Å². The van der Waals surface area contributed by atoms with E-state index in [2.05, 4.69) is 16.8 Å². The third-order valence-corrected chi connectivity index (χ3v) is 3.73. The molecule has 0 amide bonds. The Hall–Kier alpha value is -0.320. The van der Waals surface area contributed by atoms with E-state index >= 15 is 0 Å². The lowest BCUT2D eigenvalue weighted by atomic mass is 10.2. The summed E-state index contributed by atoms with van der Waals surface area (Å²) in [6.07, 6.45) is 1.04. The van der Waals surface area contributed by atoms with Gasteiger partial charge in [0.1, 0.15) is 5.15 Å². The zero-order chi connectivity index (χ0) is 9.42. The van der Waals surface area contributed by atoms with Crippen LogP contribution in [0.3, 0.4) is 0 Å². The summed E-state index contributed by atoms with van der Waals surface area (Å²) in [5, 5.41) is 3.42. The van der Waals surface area contributed by atoms with Crippen molar-refractivity contribution in [2.24, 2.45) is 5.73 Å². The molecule has 13 heavy (non-hydrogen) atoms. The highest BCUT2D eigenvalue weighted by atomic mass is 35.5. The van der Waals surface area contributed by atoms with Gasteiger partial charge in [-0.25, -0.2) is 4.98 Å². The van der Waals surface area contributed by atoms with Crippen LogP contribution in [0, 0.1) is 0 Å². The average molecular weight is 218 g/mol. The molecule has 2 atom stereocenters. The highest BCUT2D eigenvalue weighted by Crippen LogP contribution is 2.29. The van der Waals surface area contributed by atoms with Gasteiger partial charge >= 0.3 is 0 Å². The monoisotopic (exact) mass is 217 g/mol. The van der Waals surface area contributed by atoms with E-state index in [-0.39, 0.29) is 6.04 Å². The molecule has 2 unspecified atom stereocenters. The molecule has 1 aliphatic rings. The van der Waals surface area contributed by atoms with Gasteiger partial charge in [-0.1, -0.05) is 11.6 Å². The van der Waals surface area contributed by atoms with Crippen molar-refractivity contribution >= 4 is 28.1 Å². The zero-order valence-corrected chi connectivity index (χ0v) is 8.98. The molecule has 3 nitrogen and oxygen atoms in total. The van der Waals surface area contributed by atoms with Gasteiger partial charge in [-0.15, -0.1) is 11.3 Å². The SMILES string of the molecule is CC1C(N)CCN1c1nc(Cl)cs1. The van der Waals surface area contributed by atoms with Crippen LogP contribution in [0.4, 0.5) is 5.13 Å². The molecular formula is C8H12ClN3S.